The lowest BCUT2D eigenvalue weighted by Crippen LogP contribution is -2.31. The van der Waals surface area contributed by atoms with Crippen molar-refractivity contribution in [2.45, 2.75) is 13.1 Å². The lowest BCUT2D eigenvalue weighted by Gasteiger charge is -2.22. The van der Waals surface area contributed by atoms with Gasteiger partial charge in [-0.1, -0.05) is 34.1 Å². The number of aromatic nitrogens is 1. The van der Waals surface area contributed by atoms with E-state index < -0.39 is 0 Å². The molecule has 0 atom stereocenters. The van der Waals surface area contributed by atoms with Crippen LogP contribution in [-0.4, -0.2) is 29.0 Å². The maximum Gasteiger partial charge on any atom is 0.254 e. The van der Waals surface area contributed by atoms with Gasteiger partial charge in [-0.25, -0.2) is 0 Å². The van der Waals surface area contributed by atoms with Gasteiger partial charge < -0.3 is 14.2 Å². The standard InChI is InChI=1S/C23H23BrN2O2/c1-3-13-26(23(27)19-9-11-20(24)12-10-19)17-21-7-5-14-25(21)16-18-6-4-8-22(15-18)28-2/h3-12,14-15H,1,13,16-17H2,2H3. The fourth-order valence-electron chi connectivity index (χ4n) is 3.06. The van der Waals surface area contributed by atoms with E-state index in [9.17, 15) is 4.79 Å². The molecule has 0 aliphatic rings. The van der Waals surface area contributed by atoms with E-state index in [0.717, 1.165) is 21.5 Å². The largest absolute Gasteiger partial charge is 0.497 e. The maximum absolute atomic E-state index is 13.0. The van der Waals surface area contributed by atoms with E-state index in [1.807, 2.05) is 60.8 Å². The van der Waals surface area contributed by atoms with Gasteiger partial charge in [0.2, 0.25) is 0 Å². The zero-order valence-electron chi connectivity index (χ0n) is 15.8. The van der Waals surface area contributed by atoms with Gasteiger partial charge in [0, 0.05) is 35.0 Å². The molecule has 5 heteroatoms. The monoisotopic (exact) mass is 438 g/mol. The predicted octanol–water partition coefficient (Wildman–Crippen LogP) is 5.14. The van der Waals surface area contributed by atoms with Crippen LogP contribution in [0.5, 0.6) is 5.75 Å². The molecule has 0 spiro atoms. The van der Waals surface area contributed by atoms with E-state index in [1.54, 1.807) is 18.1 Å². The van der Waals surface area contributed by atoms with E-state index in [-0.39, 0.29) is 5.91 Å². The summed E-state index contributed by atoms with van der Waals surface area (Å²) in [5, 5.41) is 0. The molecule has 1 amide bonds. The predicted molar refractivity (Wildman–Crippen MR) is 116 cm³/mol. The molecule has 3 aromatic rings. The number of benzene rings is 2. The van der Waals surface area contributed by atoms with Crippen LogP contribution in [0.2, 0.25) is 0 Å². The van der Waals surface area contributed by atoms with E-state index in [4.69, 9.17) is 4.74 Å². The van der Waals surface area contributed by atoms with Gasteiger partial charge in [0.05, 0.1) is 13.7 Å². The Hall–Kier alpha value is -2.79. The first kappa shape index (κ1) is 20.0. The number of rotatable bonds is 8. The van der Waals surface area contributed by atoms with Crippen LogP contribution in [0.25, 0.3) is 0 Å². The van der Waals surface area contributed by atoms with E-state index in [2.05, 4.69) is 33.1 Å². The van der Waals surface area contributed by atoms with Crippen LogP contribution in [0.3, 0.4) is 0 Å². The summed E-state index contributed by atoms with van der Waals surface area (Å²) in [6.45, 7) is 5.52. The first-order valence-corrected chi connectivity index (χ1v) is 9.82. The van der Waals surface area contributed by atoms with Crippen molar-refractivity contribution in [1.29, 1.82) is 0 Å². The lowest BCUT2D eigenvalue weighted by molar-refractivity contribution is 0.0759. The van der Waals surface area contributed by atoms with Crippen LogP contribution in [0.4, 0.5) is 0 Å². The summed E-state index contributed by atoms with van der Waals surface area (Å²) >= 11 is 3.41. The molecular weight excluding hydrogens is 416 g/mol. The van der Waals surface area contributed by atoms with Gasteiger partial charge in [0.1, 0.15) is 5.75 Å². The molecule has 0 radical (unpaired) electrons. The van der Waals surface area contributed by atoms with Crippen molar-refractivity contribution in [2.24, 2.45) is 0 Å². The zero-order chi connectivity index (χ0) is 19.9. The molecule has 144 valence electrons. The third-order valence-corrected chi connectivity index (χ3v) is 5.02. The Morgan fingerprint density at radius 2 is 1.96 bits per heavy atom. The molecule has 0 aliphatic heterocycles. The minimum absolute atomic E-state index is 0.0125. The highest BCUT2D eigenvalue weighted by Gasteiger charge is 2.16. The number of nitrogens with zero attached hydrogens (tertiary/aromatic N) is 2. The molecule has 0 fully saturated rings. The highest BCUT2D eigenvalue weighted by atomic mass is 79.9. The fraction of sp³-hybridized carbons (Fsp3) is 0.174. The molecule has 1 heterocycles. The Bertz CT molecular complexity index is 947. The minimum atomic E-state index is -0.0125. The van der Waals surface area contributed by atoms with Gasteiger partial charge in [-0.05, 0) is 54.1 Å². The third kappa shape index (κ3) is 4.93. The number of methoxy groups -OCH3 is 1. The second-order valence-corrected chi connectivity index (χ2v) is 7.38. The first-order chi connectivity index (χ1) is 13.6. The smallest absolute Gasteiger partial charge is 0.254 e. The molecule has 4 nitrogen and oxygen atoms in total. The van der Waals surface area contributed by atoms with Crippen LogP contribution in [-0.2, 0) is 13.1 Å². The SMILES string of the molecule is C=CCN(Cc1cccn1Cc1cccc(OC)c1)C(=O)c1ccc(Br)cc1. The molecule has 2 aromatic carbocycles. The summed E-state index contributed by atoms with van der Waals surface area (Å²) < 4.78 is 8.42. The average molecular weight is 439 g/mol. The second-order valence-electron chi connectivity index (χ2n) is 6.46. The van der Waals surface area contributed by atoms with Gasteiger partial charge in [-0.2, -0.15) is 0 Å². The summed E-state index contributed by atoms with van der Waals surface area (Å²) in [6.07, 6.45) is 3.79. The normalized spacial score (nSPS) is 10.5. The summed E-state index contributed by atoms with van der Waals surface area (Å²) in [6, 6.07) is 19.5. The van der Waals surface area contributed by atoms with Gasteiger partial charge in [-0.3, -0.25) is 4.79 Å². The Kier molecular flexibility index (Phi) is 6.71. The van der Waals surface area contributed by atoms with Crippen molar-refractivity contribution in [3.63, 3.8) is 0 Å². The van der Waals surface area contributed by atoms with Crippen LogP contribution >= 0.6 is 15.9 Å². The number of hydrogen-bond donors (Lipinski definition) is 0. The Labute approximate surface area is 174 Å². The van der Waals surface area contributed by atoms with Gasteiger partial charge in [0.15, 0.2) is 0 Å². The third-order valence-electron chi connectivity index (χ3n) is 4.49. The van der Waals surface area contributed by atoms with Crippen molar-refractivity contribution in [2.75, 3.05) is 13.7 Å². The van der Waals surface area contributed by atoms with Crippen molar-refractivity contribution in [1.82, 2.24) is 9.47 Å². The second kappa shape index (κ2) is 9.42. The first-order valence-electron chi connectivity index (χ1n) is 9.03. The molecule has 0 N–H and O–H groups in total. The van der Waals surface area contributed by atoms with Gasteiger partial charge >= 0.3 is 0 Å². The van der Waals surface area contributed by atoms with E-state index in [1.165, 1.54) is 0 Å². The molecule has 1 aromatic heterocycles. The molecule has 3 rings (SSSR count). The number of carbonyl (C=O) groups excluding carboxylic acids is 1. The number of amides is 1. The highest BCUT2D eigenvalue weighted by molar-refractivity contribution is 9.10. The number of ether oxygens (including phenoxy) is 1. The average Bonchev–Trinajstić information content (AvgIpc) is 3.14. The summed E-state index contributed by atoms with van der Waals surface area (Å²) in [5.41, 5.74) is 2.87. The molecule has 28 heavy (non-hydrogen) atoms. The Morgan fingerprint density at radius 3 is 2.68 bits per heavy atom. The quantitative estimate of drug-likeness (QED) is 0.456. The van der Waals surface area contributed by atoms with Gasteiger partial charge in [0.25, 0.3) is 5.91 Å². The number of halogens is 1. The topological polar surface area (TPSA) is 34.5 Å². The van der Waals surface area contributed by atoms with E-state index >= 15 is 0 Å². The molecular formula is C23H23BrN2O2. The number of hydrogen-bond acceptors (Lipinski definition) is 2. The van der Waals surface area contributed by atoms with Crippen molar-refractivity contribution < 1.29 is 9.53 Å². The van der Waals surface area contributed by atoms with Crippen LogP contribution < -0.4 is 4.74 Å². The summed E-state index contributed by atoms with van der Waals surface area (Å²) in [5.74, 6) is 0.825. The summed E-state index contributed by atoms with van der Waals surface area (Å²) in [4.78, 5) is 14.8. The maximum atomic E-state index is 13.0. The highest BCUT2D eigenvalue weighted by Crippen LogP contribution is 2.17. The van der Waals surface area contributed by atoms with Crippen LogP contribution in [0, 0.1) is 0 Å². The van der Waals surface area contributed by atoms with Crippen molar-refractivity contribution >= 4 is 21.8 Å². The number of carbonyl (C=O) groups is 1. The molecule has 0 saturated heterocycles. The molecule has 0 bridgehead atoms. The Balaban J connectivity index is 1.78. The zero-order valence-corrected chi connectivity index (χ0v) is 17.4. The Morgan fingerprint density at radius 1 is 1.18 bits per heavy atom. The fourth-order valence-corrected chi connectivity index (χ4v) is 3.32. The molecule has 0 unspecified atom stereocenters. The van der Waals surface area contributed by atoms with Gasteiger partial charge in [-0.15, -0.1) is 6.58 Å². The minimum Gasteiger partial charge on any atom is -0.497 e. The van der Waals surface area contributed by atoms with Crippen LogP contribution in [0.15, 0.2) is 84.0 Å². The summed E-state index contributed by atoms with van der Waals surface area (Å²) in [7, 11) is 1.67. The molecule has 0 saturated carbocycles. The van der Waals surface area contributed by atoms with E-state index in [0.29, 0.717) is 25.2 Å². The van der Waals surface area contributed by atoms with Crippen molar-refractivity contribution in [3.05, 3.63) is 101 Å². The molecule has 0 aliphatic carbocycles. The van der Waals surface area contributed by atoms with Crippen LogP contribution in [0.1, 0.15) is 21.6 Å². The lowest BCUT2D eigenvalue weighted by atomic mass is 10.2. The van der Waals surface area contributed by atoms with Crippen molar-refractivity contribution in [3.8, 4) is 5.75 Å².